The minimum Gasteiger partial charge on any atom is -0.348 e. The molecule has 3 aromatic rings. The van der Waals surface area contributed by atoms with Crippen LogP contribution in [-0.4, -0.2) is 16.1 Å². The molecule has 1 amide bonds. The van der Waals surface area contributed by atoms with Gasteiger partial charge in [0.1, 0.15) is 0 Å². The Morgan fingerprint density at radius 3 is 2.76 bits per heavy atom. The molecule has 1 aromatic heterocycles. The normalized spacial score (nSPS) is 10.8. The van der Waals surface area contributed by atoms with Gasteiger partial charge in [-0.2, -0.15) is 5.10 Å². The number of aromatic amines is 1. The van der Waals surface area contributed by atoms with Crippen LogP contribution in [0.2, 0.25) is 0 Å². The summed E-state index contributed by atoms with van der Waals surface area (Å²) in [4.78, 5) is 12.2. The highest BCUT2D eigenvalue weighted by Crippen LogP contribution is 2.21. The van der Waals surface area contributed by atoms with Crippen molar-refractivity contribution in [1.82, 2.24) is 15.5 Å². The topological polar surface area (TPSA) is 57.8 Å². The Morgan fingerprint density at radius 2 is 2.00 bits per heavy atom. The van der Waals surface area contributed by atoms with Gasteiger partial charge in [0.05, 0.1) is 6.20 Å². The van der Waals surface area contributed by atoms with E-state index < -0.39 is 0 Å². The van der Waals surface area contributed by atoms with Gasteiger partial charge in [-0.1, -0.05) is 28.1 Å². The molecule has 0 aliphatic heterocycles. The van der Waals surface area contributed by atoms with Gasteiger partial charge >= 0.3 is 0 Å². The molecule has 2 aromatic carbocycles. The van der Waals surface area contributed by atoms with Crippen molar-refractivity contribution >= 4 is 32.6 Å². The minimum atomic E-state index is -0.0829. The first kappa shape index (κ1) is 13.8. The van der Waals surface area contributed by atoms with Crippen LogP contribution in [0.5, 0.6) is 0 Å². The second-order valence-corrected chi connectivity index (χ2v) is 5.82. The maximum Gasteiger partial charge on any atom is 0.251 e. The highest BCUT2D eigenvalue weighted by atomic mass is 79.9. The Bertz CT molecular complexity index is 810. The van der Waals surface area contributed by atoms with Crippen LogP contribution in [0.3, 0.4) is 0 Å². The standard InChI is InChI=1S/C16H14BrN3O/c1-10-14(9-19-20-10)8-18-16(21)13-3-2-12-7-15(17)5-4-11(12)6-13/h2-7,9H,8H2,1H3,(H,18,21)(H,19,20). The fourth-order valence-electron chi connectivity index (χ4n) is 2.19. The van der Waals surface area contributed by atoms with Crippen LogP contribution < -0.4 is 5.32 Å². The summed E-state index contributed by atoms with van der Waals surface area (Å²) in [5, 5.41) is 11.9. The Morgan fingerprint density at radius 1 is 1.24 bits per heavy atom. The SMILES string of the molecule is Cc1[nH]ncc1CNC(=O)c1ccc2cc(Br)ccc2c1. The van der Waals surface area contributed by atoms with Gasteiger partial charge in [-0.3, -0.25) is 9.89 Å². The minimum absolute atomic E-state index is 0.0829. The summed E-state index contributed by atoms with van der Waals surface area (Å²) in [7, 11) is 0. The predicted octanol–water partition coefficient (Wildman–Crippen LogP) is 3.56. The van der Waals surface area contributed by atoms with Gasteiger partial charge in [-0.25, -0.2) is 0 Å². The van der Waals surface area contributed by atoms with Crippen molar-refractivity contribution in [2.45, 2.75) is 13.5 Å². The van der Waals surface area contributed by atoms with E-state index in [1.54, 1.807) is 6.20 Å². The van der Waals surface area contributed by atoms with Crippen molar-refractivity contribution in [2.75, 3.05) is 0 Å². The quantitative estimate of drug-likeness (QED) is 0.763. The molecule has 0 bridgehead atoms. The number of aryl methyl sites for hydroxylation is 1. The summed E-state index contributed by atoms with van der Waals surface area (Å²) >= 11 is 3.45. The second-order valence-electron chi connectivity index (χ2n) is 4.91. The first-order valence-electron chi connectivity index (χ1n) is 6.60. The van der Waals surface area contributed by atoms with Crippen LogP contribution in [0.4, 0.5) is 0 Å². The molecule has 0 radical (unpaired) electrons. The first-order valence-corrected chi connectivity index (χ1v) is 7.39. The third-order valence-corrected chi connectivity index (χ3v) is 3.93. The molecule has 5 heteroatoms. The summed E-state index contributed by atoms with van der Waals surface area (Å²) in [6.07, 6.45) is 1.73. The zero-order chi connectivity index (χ0) is 14.8. The van der Waals surface area contributed by atoms with Crippen LogP contribution in [0.25, 0.3) is 10.8 Å². The molecular formula is C16H14BrN3O. The summed E-state index contributed by atoms with van der Waals surface area (Å²) in [6, 6.07) is 11.7. The molecule has 0 saturated heterocycles. The molecular weight excluding hydrogens is 330 g/mol. The number of nitrogens with one attached hydrogen (secondary N) is 2. The number of H-pyrrole nitrogens is 1. The van der Waals surface area contributed by atoms with Gasteiger partial charge in [-0.15, -0.1) is 0 Å². The van der Waals surface area contributed by atoms with Gasteiger partial charge in [0.15, 0.2) is 0 Å². The first-order chi connectivity index (χ1) is 10.1. The zero-order valence-electron chi connectivity index (χ0n) is 11.5. The van der Waals surface area contributed by atoms with Crippen LogP contribution >= 0.6 is 15.9 Å². The molecule has 0 aliphatic carbocycles. The second kappa shape index (κ2) is 5.69. The van der Waals surface area contributed by atoms with Gasteiger partial charge in [0.25, 0.3) is 5.91 Å². The number of hydrogen-bond acceptors (Lipinski definition) is 2. The van der Waals surface area contributed by atoms with E-state index in [1.807, 2.05) is 43.3 Å². The van der Waals surface area contributed by atoms with Crippen molar-refractivity contribution in [3.8, 4) is 0 Å². The lowest BCUT2D eigenvalue weighted by Gasteiger charge is -2.06. The number of hydrogen-bond donors (Lipinski definition) is 2. The summed E-state index contributed by atoms with van der Waals surface area (Å²) in [5.41, 5.74) is 2.62. The van der Waals surface area contributed by atoms with Crippen LogP contribution in [0, 0.1) is 6.92 Å². The monoisotopic (exact) mass is 343 g/mol. The Hall–Kier alpha value is -2.14. The van der Waals surface area contributed by atoms with Crippen LogP contribution in [0.1, 0.15) is 21.6 Å². The molecule has 3 rings (SSSR count). The number of amides is 1. The van der Waals surface area contributed by atoms with E-state index >= 15 is 0 Å². The number of fused-ring (bicyclic) bond motifs is 1. The molecule has 21 heavy (non-hydrogen) atoms. The maximum absolute atomic E-state index is 12.2. The van der Waals surface area contributed by atoms with Crippen LogP contribution in [0.15, 0.2) is 47.1 Å². The lowest BCUT2D eigenvalue weighted by Crippen LogP contribution is -2.22. The van der Waals surface area contributed by atoms with Gasteiger partial charge < -0.3 is 5.32 Å². The highest BCUT2D eigenvalue weighted by Gasteiger charge is 2.08. The average molecular weight is 344 g/mol. The summed E-state index contributed by atoms with van der Waals surface area (Å²) in [6.45, 7) is 2.40. The number of halogens is 1. The number of benzene rings is 2. The molecule has 0 atom stereocenters. The van der Waals surface area contributed by atoms with E-state index in [1.165, 1.54) is 0 Å². The van der Waals surface area contributed by atoms with Gasteiger partial charge in [0.2, 0.25) is 0 Å². The van der Waals surface area contributed by atoms with Crippen molar-refractivity contribution in [1.29, 1.82) is 0 Å². The lowest BCUT2D eigenvalue weighted by atomic mass is 10.1. The van der Waals surface area contributed by atoms with E-state index in [0.29, 0.717) is 12.1 Å². The Labute approximate surface area is 130 Å². The number of aromatic nitrogens is 2. The predicted molar refractivity (Wildman–Crippen MR) is 86.1 cm³/mol. The molecule has 0 fully saturated rings. The van der Waals surface area contributed by atoms with E-state index in [-0.39, 0.29) is 5.91 Å². The third-order valence-electron chi connectivity index (χ3n) is 3.44. The van der Waals surface area contributed by atoms with Crippen molar-refractivity contribution < 1.29 is 4.79 Å². The molecule has 4 nitrogen and oxygen atoms in total. The molecule has 0 spiro atoms. The smallest absolute Gasteiger partial charge is 0.251 e. The fourth-order valence-corrected chi connectivity index (χ4v) is 2.57. The molecule has 0 saturated carbocycles. The van der Waals surface area contributed by atoms with Crippen molar-refractivity contribution in [2.24, 2.45) is 0 Å². The number of carbonyl (C=O) groups excluding carboxylic acids is 1. The van der Waals surface area contributed by atoms with E-state index in [2.05, 4.69) is 31.4 Å². The molecule has 1 heterocycles. The molecule has 2 N–H and O–H groups in total. The Kier molecular flexibility index (Phi) is 3.75. The lowest BCUT2D eigenvalue weighted by molar-refractivity contribution is 0.0951. The Balaban J connectivity index is 1.78. The van der Waals surface area contributed by atoms with E-state index in [4.69, 9.17) is 0 Å². The maximum atomic E-state index is 12.2. The summed E-state index contributed by atoms with van der Waals surface area (Å²) in [5.74, 6) is -0.0829. The van der Waals surface area contributed by atoms with Crippen molar-refractivity contribution in [3.63, 3.8) is 0 Å². The van der Waals surface area contributed by atoms with Gasteiger partial charge in [-0.05, 0) is 42.0 Å². The summed E-state index contributed by atoms with van der Waals surface area (Å²) < 4.78 is 1.03. The van der Waals surface area contributed by atoms with E-state index in [0.717, 1.165) is 26.5 Å². The highest BCUT2D eigenvalue weighted by molar-refractivity contribution is 9.10. The number of nitrogens with zero attached hydrogens (tertiary/aromatic N) is 1. The largest absolute Gasteiger partial charge is 0.348 e. The molecule has 0 aliphatic rings. The fraction of sp³-hybridized carbons (Fsp3) is 0.125. The van der Waals surface area contributed by atoms with E-state index in [9.17, 15) is 4.79 Å². The third kappa shape index (κ3) is 2.97. The zero-order valence-corrected chi connectivity index (χ0v) is 13.1. The molecule has 106 valence electrons. The van der Waals surface area contributed by atoms with Gasteiger partial charge in [0, 0.05) is 27.8 Å². The van der Waals surface area contributed by atoms with Crippen molar-refractivity contribution in [3.05, 3.63) is 63.9 Å². The average Bonchev–Trinajstić information content (AvgIpc) is 2.89. The number of rotatable bonds is 3. The molecule has 0 unspecified atom stereocenters. The number of carbonyl (C=O) groups is 1. The van der Waals surface area contributed by atoms with Crippen LogP contribution in [-0.2, 0) is 6.54 Å².